The Hall–Kier alpha value is -1.44. The fourth-order valence-corrected chi connectivity index (χ4v) is 4.41. The highest BCUT2D eigenvalue weighted by Gasteiger charge is 2.33. The van der Waals surface area contributed by atoms with E-state index in [2.05, 4.69) is 5.32 Å². The summed E-state index contributed by atoms with van der Waals surface area (Å²) < 4.78 is 26.6. The number of carbonyl (C=O) groups is 1. The van der Waals surface area contributed by atoms with Crippen molar-refractivity contribution in [3.05, 3.63) is 35.9 Å². The quantitative estimate of drug-likeness (QED) is 0.715. The molecule has 1 aliphatic rings. The minimum Gasteiger partial charge on any atom is -0.351 e. The van der Waals surface area contributed by atoms with Crippen LogP contribution in [0, 0.1) is 0 Å². The predicted molar refractivity (Wildman–Crippen MR) is 89.5 cm³/mol. The molecule has 0 radical (unpaired) electrons. The Morgan fingerprint density at radius 2 is 1.87 bits per heavy atom. The van der Waals surface area contributed by atoms with Gasteiger partial charge < -0.3 is 10.2 Å². The zero-order chi connectivity index (χ0) is 16.9. The number of likely N-dealkylation sites (N-methyl/N-ethyl adjacent to an activating group) is 1. The molecule has 6 nitrogen and oxygen atoms in total. The lowest BCUT2D eigenvalue weighted by Crippen LogP contribution is -3.19. The minimum atomic E-state index is -3.30. The van der Waals surface area contributed by atoms with Crippen LogP contribution in [0.15, 0.2) is 30.3 Å². The molecule has 1 saturated heterocycles. The maximum atomic E-state index is 12.5. The maximum Gasteiger partial charge on any atom is 0.278 e. The highest BCUT2D eigenvalue weighted by atomic mass is 32.2. The molecule has 0 saturated carbocycles. The number of amides is 1. The van der Waals surface area contributed by atoms with Crippen LogP contribution in [0.4, 0.5) is 0 Å². The number of carbonyl (C=O) groups excluding carboxylic acids is 1. The van der Waals surface area contributed by atoms with Gasteiger partial charge in [0.15, 0.2) is 6.04 Å². The summed E-state index contributed by atoms with van der Waals surface area (Å²) in [5.41, 5.74) is 0.804. The lowest BCUT2D eigenvalue weighted by molar-refractivity contribution is -0.917. The summed E-state index contributed by atoms with van der Waals surface area (Å²) in [6.45, 7) is 6.66. The van der Waals surface area contributed by atoms with E-state index in [0.29, 0.717) is 32.7 Å². The molecule has 1 heterocycles. The first-order chi connectivity index (χ1) is 10.9. The second-order valence-corrected chi connectivity index (χ2v) is 7.88. The summed E-state index contributed by atoms with van der Waals surface area (Å²) >= 11 is 0. The van der Waals surface area contributed by atoms with Gasteiger partial charge in [0.25, 0.3) is 5.91 Å². The lowest BCUT2D eigenvalue weighted by atomic mass is 10.2. The molecule has 0 aromatic heterocycles. The van der Waals surface area contributed by atoms with E-state index in [1.54, 1.807) is 4.31 Å². The van der Waals surface area contributed by atoms with Gasteiger partial charge in [-0.2, -0.15) is 4.31 Å². The third-order valence-electron chi connectivity index (χ3n) is 4.31. The van der Waals surface area contributed by atoms with Crippen LogP contribution in [-0.4, -0.2) is 57.4 Å². The first-order valence-corrected chi connectivity index (χ1v) is 9.69. The molecule has 1 aromatic rings. The summed E-state index contributed by atoms with van der Waals surface area (Å²) in [6, 6.07) is 9.09. The van der Waals surface area contributed by atoms with E-state index in [4.69, 9.17) is 0 Å². The summed E-state index contributed by atoms with van der Waals surface area (Å²) in [5, 5.41) is 2.83. The summed E-state index contributed by atoms with van der Waals surface area (Å²) in [6.07, 6.45) is 0. The Labute approximate surface area is 138 Å². The van der Waals surface area contributed by atoms with Crippen molar-refractivity contribution in [1.29, 1.82) is 0 Å². The van der Waals surface area contributed by atoms with Crippen LogP contribution in [0.1, 0.15) is 19.4 Å². The van der Waals surface area contributed by atoms with Crippen LogP contribution in [-0.2, 0) is 20.6 Å². The number of piperazine rings is 1. The number of nitrogens with zero attached hydrogens (tertiary/aromatic N) is 1. The number of nitrogens with one attached hydrogen (secondary N) is 2. The Morgan fingerprint density at radius 3 is 2.43 bits per heavy atom. The second-order valence-electron chi connectivity index (χ2n) is 5.92. The fraction of sp³-hybridized carbons (Fsp3) is 0.562. The number of sulfonamides is 1. The molecule has 0 spiro atoms. The third kappa shape index (κ3) is 4.76. The Kier molecular flexibility index (Phi) is 6.15. The van der Waals surface area contributed by atoms with E-state index in [1.165, 1.54) is 0 Å². The molecular formula is C16H26N3O3S+. The Bertz CT molecular complexity index is 611. The smallest absolute Gasteiger partial charge is 0.278 e. The van der Waals surface area contributed by atoms with E-state index < -0.39 is 10.0 Å². The second kappa shape index (κ2) is 7.90. The van der Waals surface area contributed by atoms with E-state index in [9.17, 15) is 13.2 Å². The first-order valence-electron chi connectivity index (χ1n) is 8.08. The van der Waals surface area contributed by atoms with E-state index in [-0.39, 0.29) is 17.7 Å². The van der Waals surface area contributed by atoms with Crippen molar-refractivity contribution in [2.24, 2.45) is 0 Å². The number of benzene rings is 1. The zero-order valence-corrected chi connectivity index (χ0v) is 14.6. The van der Waals surface area contributed by atoms with Crippen molar-refractivity contribution in [2.75, 3.05) is 32.7 Å². The van der Waals surface area contributed by atoms with E-state index in [1.807, 2.05) is 44.2 Å². The topological polar surface area (TPSA) is 70.9 Å². The monoisotopic (exact) mass is 340 g/mol. The Balaban J connectivity index is 1.92. The molecule has 1 atom stereocenters. The van der Waals surface area contributed by atoms with Gasteiger partial charge in [-0.05, 0) is 19.4 Å². The number of quaternary nitrogens is 1. The van der Waals surface area contributed by atoms with Gasteiger partial charge in [-0.15, -0.1) is 0 Å². The van der Waals surface area contributed by atoms with Crippen molar-refractivity contribution in [3.8, 4) is 0 Å². The van der Waals surface area contributed by atoms with E-state index >= 15 is 0 Å². The van der Waals surface area contributed by atoms with Gasteiger partial charge in [0, 0.05) is 6.54 Å². The van der Waals surface area contributed by atoms with Crippen molar-refractivity contribution >= 4 is 15.9 Å². The molecule has 128 valence electrons. The van der Waals surface area contributed by atoms with Crippen LogP contribution in [0.5, 0.6) is 0 Å². The number of hydrogen-bond donors (Lipinski definition) is 2. The predicted octanol–water partition coefficient (Wildman–Crippen LogP) is -0.758. The molecule has 1 amide bonds. The number of hydrogen-bond acceptors (Lipinski definition) is 3. The Morgan fingerprint density at radius 1 is 1.26 bits per heavy atom. The van der Waals surface area contributed by atoms with E-state index in [0.717, 1.165) is 10.5 Å². The van der Waals surface area contributed by atoms with Gasteiger partial charge in [-0.3, -0.25) is 4.79 Å². The molecule has 23 heavy (non-hydrogen) atoms. The molecule has 0 aliphatic carbocycles. The molecule has 7 heteroatoms. The largest absolute Gasteiger partial charge is 0.351 e. The lowest BCUT2D eigenvalue weighted by Gasteiger charge is -2.34. The normalized spacial score (nSPS) is 18.5. The molecule has 1 aliphatic heterocycles. The van der Waals surface area contributed by atoms with Crippen LogP contribution < -0.4 is 10.2 Å². The fourth-order valence-electron chi connectivity index (χ4n) is 2.87. The van der Waals surface area contributed by atoms with Gasteiger partial charge in [0.2, 0.25) is 10.0 Å². The number of rotatable bonds is 6. The summed E-state index contributed by atoms with van der Waals surface area (Å²) in [4.78, 5) is 13.0. The van der Waals surface area contributed by atoms with Crippen molar-refractivity contribution < 1.29 is 18.1 Å². The average molecular weight is 340 g/mol. The zero-order valence-electron chi connectivity index (χ0n) is 13.8. The average Bonchev–Trinajstić information content (AvgIpc) is 2.55. The molecule has 2 N–H and O–H groups in total. The summed E-state index contributed by atoms with van der Waals surface area (Å²) in [7, 11) is -3.30. The van der Waals surface area contributed by atoms with Crippen molar-refractivity contribution in [3.63, 3.8) is 0 Å². The van der Waals surface area contributed by atoms with Gasteiger partial charge in [-0.1, -0.05) is 30.3 Å². The standard InChI is InChI=1S/C16H25N3O3S/c1-3-17-16(20)14(2)18-9-11-19(12-10-18)23(21,22)13-15-7-5-4-6-8-15/h4-8,14H,3,9-13H2,1-2H3,(H,17,20)/p+1/t14-/m1/s1. The molecule has 0 unspecified atom stereocenters. The van der Waals surface area contributed by atoms with Gasteiger partial charge >= 0.3 is 0 Å². The SMILES string of the molecule is CCNC(=O)[C@@H](C)[NH+]1CCN(S(=O)(=O)Cc2ccccc2)CC1. The maximum absolute atomic E-state index is 12.5. The molecule has 2 rings (SSSR count). The van der Waals surface area contributed by atoms with Gasteiger partial charge in [0.05, 0.1) is 31.9 Å². The molecule has 0 bridgehead atoms. The first kappa shape index (κ1) is 17.9. The molecule has 1 aromatic carbocycles. The third-order valence-corrected chi connectivity index (χ3v) is 6.16. The highest BCUT2D eigenvalue weighted by Crippen LogP contribution is 2.10. The molecular weight excluding hydrogens is 314 g/mol. The minimum absolute atomic E-state index is 0.0306. The van der Waals surface area contributed by atoms with Crippen LogP contribution in [0.25, 0.3) is 0 Å². The van der Waals surface area contributed by atoms with Crippen LogP contribution in [0.3, 0.4) is 0 Å². The highest BCUT2D eigenvalue weighted by molar-refractivity contribution is 7.88. The summed E-state index contributed by atoms with van der Waals surface area (Å²) in [5.74, 6) is 0.0674. The van der Waals surface area contributed by atoms with Gasteiger partial charge in [0.1, 0.15) is 0 Å². The van der Waals surface area contributed by atoms with Crippen LogP contribution in [0.2, 0.25) is 0 Å². The van der Waals surface area contributed by atoms with Crippen molar-refractivity contribution in [1.82, 2.24) is 9.62 Å². The molecule has 1 fully saturated rings. The van der Waals surface area contributed by atoms with Gasteiger partial charge in [-0.25, -0.2) is 8.42 Å². The van der Waals surface area contributed by atoms with Crippen LogP contribution >= 0.6 is 0 Å². The van der Waals surface area contributed by atoms with Crippen molar-refractivity contribution in [2.45, 2.75) is 25.6 Å².